The first-order valence-electron chi connectivity index (χ1n) is 9.02. The third-order valence-corrected chi connectivity index (χ3v) is 3.87. The van der Waals surface area contributed by atoms with E-state index in [0.29, 0.717) is 0 Å². The summed E-state index contributed by atoms with van der Waals surface area (Å²) in [5.41, 5.74) is 0.233. The fraction of sp³-hybridized carbons (Fsp3) is 0.550. The number of ether oxygens (including phenoxy) is 1. The summed E-state index contributed by atoms with van der Waals surface area (Å²) in [6, 6.07) is 5.33. The molecule has 0 N–H and O–H groups in total. The van der Waals surface area contributed by atoms with Gasteiger partial charge in [-0.25, -0.2) is 4.79 Å². The molecule has 0 aliphatic heterocycles. The molecule has 136 valence electrons. The third kappa shape index (κ3) is 9.51. The molecule has 25 heavy (non-hydrogen) atoms. The molecule has 0 fully saturated rings. The maximum atomic E-state index is 11.7. The normalized spacial score (nSPS) is 9.96. The summed E-state index contributed by atoms with van der Waals surface area (Å²) >= 11 is 0. The van der Waals surface area contributed by atoms with E-state index < -0.39 is 10.9 Å². The topological polar surface area (TPSA) is 69.4 Å². The van der Waals surface area contributed by atoms with Crippen LogP contribution in [0.2, 0.25) is 0 Å². The highest BCUT2D eigenvalue weighted by molar-refractivity contribution is 5.89. The average Bonchev–Trinajstić information content (AvgIpc) is 2.62. The molecule has 0 heterocycles. The van der Waals surface area contributed by atoms with Gasteiger partial charge in [-0.15, -0.1) is 0 Å². The van der Waals surface area contributed by atoms with E-state index in [1.165, 1.54) is 69.2 Å². The third-order valence-electron chi connectivity index (χ3n) is 3.87. The quantitative estimate of drug-likeness (QED) is 0.180. The van der Waals surface area contributed by atoms with Crippen LogP contribution in [-0.4, -0.2) is 17.5 Å². The fourth-order valence-electron chi connectivity index (χ4n) is 2.39. The first kappa shape index (κ1) is 20.7. The summed E-state index contributed by atoms with van der Waals surface area (Å²) < 4.78 is 5.03. The van der Waals surface area contributed by atoms with E-state index in [9.17, 15) is 14.9 Å². The van der Waals surface area contributed by atoms with Gasteiger partial charge in [-0.05, 0) is 18.6 Å². The second-order valence-corrected chi connectivity index (χ2v) is 5.96. The van der Waals surface area contributed by atoms with Crippen molar-refractivity contribution in [2.75, 3.05) is 6.61 Å². The zero-order chi connectivity index (χ0) is 18.3. The highest BCUT2D eigenvalue weighted by Gasteiger charge is 2.09. The van der Waals surface area contributed by atoms with Crippen molar-refractivity contribution in [1.29, 1.82) is 0 Å². The van der Waals surface area contributed by atoms with Crippen LogP contribution in [0.15, 0.2) is 24.3 Å². The number of nitro groups is 1. The van der Waals surface area contributed by atoms with Crippen LogP contribution < -0.4 is 0 Å². The van der Waals surface area contributed by atoms with Crippen molar-refractivity contribution >= 4 is 11.7 Å². The molecule has 1 aromatic rings. The number of esters is 1. The lowest BCUT2D eigenvalue weighted by Gasteiger charge is -2.00. The Labute approximate surface area is 149 Å². The Morgan fingerprint density at radius 2 is 1.60 bits per heavy atom. The molecule has 0 radical (unpaired) electrons. The highest BCUT2D eigenvalue weighted by atomic mass is 16.6. The number of nitro benzene ring substituents is 1. The molecule has 0 saturated heterocycles. The van der Waals surface area contributed by atoms with Gasteiger partial charge in [-0.3, -0.25) is 10.1 Å². The van der Waals surface area contributed by atoms with Gasteiger partial charge in [0, 0.05) is 18.6 Å². The second-order valence-electron chi connectivity index (χ2n) is 5.96. The van der Waals surface area contributed by atoms with E-state index >= 15 is 0 Å². The first-order chi connectivity index (χ1) is 12.1. The molecular formula is C20H27NO4. The number of hydrogen-bond acceptors (Lipinski definition) is 4. The van der Waals surface area contributed by atoms with Crippen LogP contribution >= 0.6 is 0 Å². The van der Waals surface area contributed by atoms with Gasteiger partial charge >= 0.3 is 5.97 Å². The molecule has 0 aliphatic carbocycles. The number of nitrogens with zero attached hydrogens (tertiary/aromatic N) is 1. The van der Waals surface area contributed by atoms with E-state index in [0.717, 1.165) is 12.8 Å². The van der Waals surface area contributed by atoms with Crippen LogP contribution in [0.25, 0.3) is 0 Å². The predicted octanol–water partition coefficient (Wildman–Crippen LogP) is 5.29. The zero-order valence-electron chi connectivity index (χ0n) is 15.0. The van der Waals surface area contributed by atoms with Crippen molar-refractivity contribution < 1.29 is 14.5 Å². The zero-order valence-corrected chi connectivity index (χ0v) is 15.0. The number of unbranched alkanes of at least 4 members (excludes halogenated alkanes) is 8. The smallest absolute Gasteiger partial charge is 0.339 e. The number of carbonyl (C=O) groups is 1. The van der Waals surface area contributed by atoms with Crippen LogP contribution in [-0.2, 0) is 4.74 Å². The number of benzene rings is 1. The molecule has 0 spiro atoms. The SMILES string of the molecule is CCCCCCCCCCC#CCOC(=O)c1ccc([N+](=O)[O-])cc1. The molecule has 5 heteroatoms. The Kier molecular flexibility index (Phi) is 10.8. The first-order valence-corrected chi connectivity index (χ1v) is 9.02. The van der Waals surface area contributed by atoms with Crippen molar-refractivity contribution in [2.45, 2.75) is 64.7 Å². The molecule has 0 amide bonds. The van der Waals surface area contributed by atoms with Gasteiger partial charge in [0.2, 0.25) is 0 Å². The fourth-order valence-corrected chi connectivity index (χ4v) is 2.39. The lowest BCUT2D eigenvalue weighted by atomic mass is 10.1. The summed E-state index contributed by atoms with van der Waals surface area (Å²) in [5, 5.41) is 10.6. The van der Waals surface area contributed by atoms with E-state index in [4.69, 9.17) is 4.74 Å². The number of hydrogen-bond donors (Lipinski definition) is 0. The Bertz CT molecular complexity index is 584. The summed E-state index contributed by atoms with van der Waals surface area (Å²) in [5.74, 6) is 5.33. The van der Waals surface area contributed by atoms with Crippen LogP contribution in [0.5, 0.6) is 0 Å². The standard InChI is InChI=1S/C20H27NO4/c1-2-3-4-5-6-7-8-9-10-11-12-17-25-20(22)18-13-15-19(16-14-18)21(23)24/h13-16H,2-10,17H2,1H3. The molecule has 0 aromatic heterocycles. The lowest BCUT2D eigenvalue weighted by Crippen LogP contribution is -2.05. The van der Waals surface area contributed by atoms with Crippen LogP contribution in [0.1, 0.15) is 75.1 Å². The number of carbonyl (C=O) groups excluding carboxylic acids is 1. The molecule has 1 aromatic carbocycles. The molecule has 0 saturated carbocycles. The molecule has 5 nitrogen and oxygen atoms in total. The van der Waals surface area contributed by atoms with Crippen molar-refractivity contribution in [3.05, 3.63) is 39.9 Å². The van der Waals surface area contributed by atoms with E-state index in [1.54, 1.807) is 0 Å². The van der Waals surface area contributed by atoms with Gasteiger partial charge < -0.3 is 4.74 Å². The van der Waals surface area contributed by atoms with Gasteiger partial charge in [0.1, 0.15) is 0 Å². The monoisotopic (exact) mass is 345 g/mol. The second kappa shape index (κ2) is 13.0. The van der Waals surface area contributed by atoms with Gasteiger partial charge in [0.15, 0.2) is 6.61 Å². The van der Waals surface area contributed by atoms with E-state index in [-0.39, 0.29) is 17.9 Å². The highest BCUT2D eigenvalue weighted by Crippen LogP contribution is 2.12. The largest absolute Gasteiger partial charge is 0.449 e. The van der Waals surface area contributed by atoms with Crippen molar-refractivity contribution in [1.82, 2.24) is 0 Å². The molecule has 1 rings (SSSR count). The minimum absolute atomic E-state index is 0.0485. The van der Waals surface area contributed by atoms with Crippen LogP contribution in [0, 0.1) is 22.0 Å². The minimum atomic E-state index is -0.517. The Balaban J connectivity index is 2.10. The van der Waals surface area contributed by atoms with Gasteiger partial charge in [-0.1, -0.05) is 63.7 Å². The van der Waals surface area contributed by atoms with Crippen LogP contribution in [0.4, 0.5) is 5.69 Å². The molecular weight excluding hydrogens is 318 g/mol. The summed E-state index contributed by atoms with van der Waals surface area (Å²) in [7, 11) is 0. The predicted molar refractivity (Wildman–Crippen MR) is 98.4 cm³/mol. The van der Waals surface area contributed by atoms with Gasteiger partial charge in [0.05, 0.1) is 10.5 Å². The van der Waals surface area contributed by atoms with E-state index in [2.05, 4.69) is 18.8 Å². The van der Waals surface area contributed by atoms with Gasteiger partial charge in [0.25, 0.3) is 5.69 Å². The summed E-state index contributed by atoms with van der Waals surface area (Å²) in [6.07, 6.45) is 11.0. The van der Waals surface area contributed by atoms with Crippen molar-refractivity contribution in [2.24, 2.45) is 0 Å². The molecule has 0 aliphatic rings. The maximum absolute atomic E-state index is 11.7. The molecule has 0 bridgehead atoms. The number of non-ortho nitro benzene ring substituents is 1. The Hall–Kier alpha value is -2.35. The van der Waals surface area contributed by atoms with Crippen LogP contribution in [0.3, 0.4) is 0 Å². The Morgan fingerprint density at radius 3 is 2.20 bits per heavy atom. The average molecular weight is 345 g/mol. The van der Waals surface area contributed by atoms with Gasteiger partial charge in [-0.2, -0.15) is 0 Å². The minimum Gasteiger partial charge on any atom is -0.449 e. The Morgan fingerprint density at radius 1 is 1.00 bits per heavy atom. The summed E-state index contributed by atoms with van der Waals surface area (Å²) in [6.45, 7) is 2.27. The maximum Gasteiger partial charge on any atom is 0.339 e. The molecule has 0 unspecified atom stereocenters. The molecule has 0 atom stereocenters. The van der Waals surface area contributed by atoms with Crippen molar-refractivity contribution in [3.8, 4) is 11.8 Å². The van der Waals surface area contributed by atoms with E-state index in [1.807, 2.05) is 0 Å². The number of rotatable bonds is 11. The lowest BCUT2D eigenvalue weighted by molar-refractivity contribution is -0.384. The van der Waals surface area contributed by atoms with Crippen molar-refractivity contribution in [3.63, 3.8) is 0 Å². The summed E-state index contributed by atoms with van der Waals surface area (Å²) in [4.78, 5) is 21.8.